The van der Waals surface area contributed by atoms with Crippen LogP contribution in [-0.4, -0.2) is 62.2 Å². The zero-order chi connectivity index (χ0) is 15.1. The first-order valence-corrected chi connectivity index (χ1v) is 7.28. The quantitative estimate of drug-likeness (QED) is 0.345. The van der Waals surface area contributed by atoms with Crippen LogP contribution < -0.4 is 10.6 Å². The molecule has 0 bridgehead atoms. The van der Waals surface area contributed by atoms with Crippen LogP contribution in [0.4, 0.5) is 0 Å². The van der Waals surface area contributed by atoms with Crippen LogP contribution in [0.15, 0.2) is 4.99 Å². The van der Waals surface area contributed by atoms with E-state index < -0.39 is 5.60 Å². The van der Waals surface area contributed by atoms with E-state index in [-0.39, 0.29) is 29.6 Å². The lowest BCUT2D eigenvalue weighted by atomic mass is 9.94. The van der Waals surface area contributed by atoms with Crippen molar-refractivity contribution in [2.45, 2.75) is 44.8 Å². The Morgan fingerprint density at radius 3 is 2.48 bits per heavy atom. The van der Waals surface area contributed by atoms with Gasteiger partial charge in [-0.2, -0.15) is 0 Å². The molecule has 0 radical (unpaired) electrons. The van der Waals surface area contributed by atoms with E-state index in [1.807, 2.05) is 20.8 Å². The highest BCUT2D eigenvalue weighted by Gasteiger charge is 2.29. The van der Waals surface area contributed by atoms with Gasteiger partial charge in [-0.05, 0) is 20.8 Å². The van der Waals surface area contributed by atoms with Crippen molar-refractivity contribution in [2.75, 3.05) is 40.0 Å². The molecule has 0 aromatic heterocycles. The Morgan fingerprint density at radius 1 is 1.33 bits per heavy atom. The summed E-state index contributed by atoms with van der Waals surface area (Å²) in [6, 6.07) is 0. The summed E-state index contributed by atoms with van der Waals surface area (Å²) in [5.74, 6) is 0.706. The Bertz CT molecular complexity index is 319. The van der Waals surface area contributed by atoms with E-state index in [9.17, 15) is 5.11 Å². The van der Waals surface area contributed by atoms with Crippen LogP contribution >= 0.6 is 24.0 Å². The fraction of sp³-hybridized carbons (Fsp3) is 0.929. The molecule has 0 aromatic rings. The van der Waals surface area contributed by atoms with Crippen LogP contribution in [0.25, 0.3) is 0 Å². The summed E-state index contributed by atoms with van der Waals surface area (Å²) in [6.45, 7) is 9.04. The lowest BCUT2D eigenvalue weighted by molar-refractivity contribution is -0.0594. The fourth-order valence-electron chi connectivity index (χ4n) is 1.85. The third-order valence-electron chi connectivity index (χ3n) is 3.52. The largest absolute Gasteiger partial charge is 0.388 e. The van der Waals surface area contributed by atoms with Crippen LogP contribution in [0, 0.1) is 0 Å². The third-order valence-corrected chi connectivity index (χ3v) is 3.52. The summed E-state index contributed by atoms with van der Waals surface area (Å²) in [7, 11) is 1.68. The van der Waals surface area contributed by atoms with Crippen molar-refractivity contribution < 1.29 is 14.6 Å². The molecule has 0 unspecified atom stereocenters. The van der Waals surface area contributed by atoms with Crippen molar-refractivity contribution in [3.05, 3.63) is 0 Å². The molecule has 7 heteroatoms. The molecule has 1 aliphatic heterocycles. The minimum atomic E-state index is -0.703. The van der Waals surface area contributed by atoms with E-state index in [0.717, 1.165) is 6.54 Å². The van der Waals surface area contributed by atoms with Gasteiger partial charge in [-0.15, -0.1) is 24.0 Å². The second-order valence-electron chi connectivity index (χ2n) is 5.85. The van der Waals surface area contributed by atoms with Crippen LogP contribution in [0.5, 0.6) is 0 Å². The number of aliphatic hydroxyl groups is 1. The van der Waals surface area contributed by atoms with E-state index in [1.165, 1.54) is 0 Å². The monoisotopic (exact) mass is 415 g/mol. The van der Waals surface area contributed by atoms with Crippen LogP contribution in [0.1, 0.15) is 33.6 Å². The number of hydrogen-bond acceptors (Lipinski definition) is 4. The second kappa shape index (κ2) is 9.81. The molecule has 1 heterocycles. The second-order valence-corrected chi connectivity index (χ2v) is 5.85. The van der Waals surface area contributed by atoms with Gasteiger partial charge < -0.3 is 25.2 Å². The Hall–Kier alpha value is -0.120. The normalized spacial score (nSPS) is 18.8. The van der Waals surface area contributed by atoms with Gasteiger partial charge in [0.15, 0.2) is 5.96 Å². The standard InChI is InChI=1S/C14H29N3O3.HI/c1-5-15-12(16-10-13(2,3)19-4)17-11-14(18)6-8-20-9-7-14;/h18H,5-11H2,1-4H3,(H2,15,16,17);1H. The number of rotatable bonds is 6. The Labute approximate surface area is 145 Å². The third kappa shape index (κ3) is 8.18. The first-order chi connectivity index (χ1) is 9.41. The molecule has 1 saturated heterocycles. The molecular formula is C14H30IN3O3. The Kier molecular flexibility index (Phi) is 9.75. The molecule has 1 aliphatic rings. The molecule has 0 spiro atoms. The molecule has 0 amide bonds. The Balaban J connectivity index is 0.00000400. The van der Waals surface area contributed by atoms with Crippen LogP contribution in [0.3, 0.4) is 0 Å². The lowest BCUT2D eigenvalue weighted by Crippen LogP contribution is -2.50. The number of halogens is 1. The van der Waals surface area contributed by atoms with Gasteiger partial charge in [-0.25, -0.2) is 0 Å². The highest BCUT2D eigenvalue weighted by Crippen LogP contribution is 2.19. The number of nitrogens with zero attached hydrogens (tertiary/aromatic N) is 1. The SMILES string of the molecule is CCNC(=NCC(C)(C)OC)NCC1(O)CCOCC1.I. The van der Waals surface area contributed by atoms with Gasteiger partial charge in [0.1, 0.15) is 0 Å². The number of ether oxygens (including phenoxy) is 2. The average Bonchev–Trinajstić information content (AvgIpc) is 2.43. The summed E-state index contributed by atoms with van der Waals surface area (Å²) in [5.41, 5.74) is -0.997. The molecule has 21 heavy (non-hydrogen) atoms. The zero-order valence-corrected chi connectivity index (χ0v) is 15.9. The molecule has 1 fully saturated rings. The number of aliphatic imine (C=N–C) groups is 1. The maximum absolute atomic E-state index is 10.4. The van der Waals surface area contributed by atoms with Gasteiger partial charge in [0, 0.05) is 46.3 Å². The summed E-state index contributed by atoms with van der Waals surface area (Å²) < 4.78 is 10.6. The van der Waals surface area contributed by atoms with Crippen molar-refractivity contribution in [2.24, 2.45) is 4.99 Å². The van der Waals surface area contributed by atoms with Gasteiger partial charge >= 0.3 is 0 Å². The van der Waals surface area contributed by atoms with Crippen molar-refractivity contribution in [3.63, 3.8) is 0 Å². The smallest absolute Gasteiger partial charge is 0.191 e. The summed E-state index contributed by atoms with van der Waals surface area (Å²) in [5, 5.41) is 16.8. The Morgan fingerprint density at radius 2 is 1.95 bits per heavy atom. The van der Waals surface area contributed by atoms with Crippen LogP contribution in [0.2, 0.25) is 0 Å². The van der Waals surface area contributed by atoms with Gasteiger partial charge in [0.05, 0.1) is 17.7 Å². The van der Waals surface area contributed by atoms with E-state index in [4.69, 9.17) is 9.47 Å². The maximum Gasteiger partial charge on any atom is 0.191 e. The molecule has 6 nitrogen and oxygen atoms in total. The number of hydrogen-bond donors (Lipinski definition) is 3. The molecular weight excluding hydrogens is 385 g/mol. The van der Waals surface area contributed by atoms with Crippen LogP contribution in [-0.2, 0) is 9.47 Å². The van der Waals surface area contributed by atoms with E-state index in [1.54, 1.807) is 7.11 Å². The maximum atomic E-state index is 10.4. The molecule has 126 valence electrons. The van der Waals surface area contributed by atoms with Gasteiger partial charge in [-0.3, -0.25) is 4.99 Å². The van der Waals surface area contributed by atoms with Gasteiger partial charge in [0.2, 0.25) is 0 Å². The summed E-state index contributed by atoms with van der Waals surface area (Å²) in [4.78, 5) is 4.50. The van der Waals surface area contributed by atoms with Gasteiger partial charge in [-0.1, -0.05) is 0 Å². The first-order valence-electron chi connectivity index (χ1n) is 7.28. The zero-order valence-electron chi connectivity index (χ0n) is 13.6. The fourth-order valence-corrected chi connectivity index (χ4v) is 1.85. The highest BCUT2D eigenvalue weighted by atomic mass is 127. The molecule has 0 saturated carbocycles. The molecule has 0 atom stereocenters. The molecule has 1 rings (SSSR count). The number of nitrogens with one attached hydrogen (secondary N) is 2. The highest BCUT2D eigenvalue weighted by molar-refractivity contribution is 14.0. The minimum absolute atomic E-state index is 0. The first kappa shape index (κ1) is 20.9. The summed E-state index contributed by atoms with van der Waals surface area (Å²) in [6.07, 6.45) is 1.31. The number of methoxy groups -OCH3 is 1. The predicted octanol–water partition coefficient (Wildman–Crippen LogP) is 1.13. The van der Waals surface area contributed by atoms with E-state index in [0.29, 0.717) is 45.1 Å². The lowest BCUT2D eigenvalue weighted by Gasteiger charge is -2.32. The molecule has 0 aromatic carbocycles. The topological polar surface area (TPSA) is 75.1 Å². The molecule has 0 aliphatic carbocycles. The van der Waals surface area contributed by atoms with Crippen molar-refractivity contribution in [1.29, 1.82) is 0 Å². The van der Waals surface area contributed by atoms with Crippen molar-refractivity contribution in [1.82, 2.24) is 10.6 Å². The average molecular weight is 415 g/mol. The number of guanidine groups is 1. The van der Waals surface area contributed by atoms with Gasteiger partial charge in [0.25, 0.3) is 0 Å². The van der Waals surface area contributed by atoms with E-state index >= 15 is 0 Å². The summed E-state index contributed by atoms with van der Waals surface area (Å²) >= 11 is 0. The van der Waals surface area contributed by atoms with E-state index in [2.05, 4.69) is 15.6 Å². The minimum Gasteiger partial charge on any atom is -0.388 e. The van der Waals surface area contributed by atoms with Crippen molar-refractivity contribution in [3.8, 4) is 0 Å². The predicted molar refractivity (Wildman–Crippen MR) is 95.5 cm³/mol. The molecule has 3 N–H and O–H groups in total. The van der Waals surface area contributed by atoms with Crippen molar-refractivity contribution >= 4 is 29.9 Å².